The van der Waals surface area contributed by atoms with Crippen LogP contribution in [-0.2, 0) is 23.9 Å². The van der Waals surface area contributed by atoms with E-state index in [1.165, 1.54) is 4.90 Å². The first-order chi connectivity index (χ1) is 20.9. The fourth-order valence-electron chi connectivity index (χ4n) is 7.34. The number of rotatable bonds is 9. The zero-order chi connectivity index (χ0) is 30.1. The summed E-state index contributed by atoms with van der Waals surface area (Å²) in [6.07, 6.45) is 7.32. The summed E-state index contributed by atoms with van der Waals surface area (Å²) in [7, 11) is 0. The number of morpholine rings is 1. The molecule has 1 N–H and O–H groups in total. The number of aliphatic hydroxyl groups excluding tert-OH is 1. The van der Waals surface area contributed by atoms with Crippen molar-refractivity contribution >= 4 is 23.4 Å². The molecule has 0 bridgehead atoms. The van der Waals surface area contributed by atoms with Gasteiger partial charge in [-0.3, -0.25) is 19.3 Å². The third-order valence-corrected chi connectivity index (χ3v) is 9.50. The van der Waals surface area contributed by atoms with Gasteiger partial charge < -0.3 is 34.0 Å². The van der Waals surface area contributed by atoms with Gasteiger partial charge in [0.1, 0.15) is 17.4 Å². The van der Waals surface area contributed by atoms with Crippen LogP contribution in [-0.4, -0.2) is 127 Å². The lowest BCUT2D eigenvalue weighted by molar-refractivity contribution is -0.150. The summed E-state index contributed by atoms with van der Waals surface area (Å²) in [6, 6.07) is 5.79. The lowest BCUT2D eigenvalue weighted by Gasteiger charge is -2.38. The van der Waals surface area contributed by atoms with Crippen LogP contribution in [0.3, 0.4) is 0 Å². The smallest absolute Gasteiger partial charge is 0.249 e. The number of amides is 3. The minimum atomic E-state index is -1.32. The van der Waals surface area contributed by atoms with Gasteiger partial charge in [-0.05, 0) is 37.6 Å². The molecule has 11 nitrogen and oxygen atoms in total. The van der Waals surface area contributed by atoms with Crippen molar-refractivity contribution in [2.24, 2.45) is 11.8 Å². The van der Waals surface area contributed by atoms with Crippen LogP contribution in [0, 0.1) is 11.8 Å². The number of nitrogens with zero attached hydrogens (tertiary/aromatic N) is 4. The van der Waals surface area contributed by atoms with Crippen molar-refractivity contribution in [1.82, 2.24) is 14.7 Å². The van der Waals surface area contributed by atoms with Crippen LogP contribution >= 0.6 is 0 Å². The van der Waals surface area contributed by atoms with Crippen molar-refractivity contribution in [2.75, 3.05) is 70.6 Å². The Bertz CT molecular complexity index is 1260. The molecule has 0 aromatic heterocycles. The predicted molar refractivity (Wildman–Crippen MR) is 158 cm³/mol. The van der Waals surface area contributed by atoms with Gasteiger partial charge in [-0.2, -0.15) is 0 Å². The van der Waals surface area contributed by atoms with E-state index in [1.54, 1.807) is 9.80 Å². The normalized spacial score (nSPS) is 31.5. The quantitative estimate of drug-likeness (QED) is 0.423. The van der Waals surface area contributed by atoms with Gasteiger partial charge >= 0.3 is 0 Å². The fraction of sp³-hybridized carbons (Fsp3) is 0.594. The largest absolute Gasteiger partial charge is 0.494 e. The van der Waals surface area contributed by atoms with Crippen LogP contribution in [0.4, 0.5) is 5.69 Å². The first kappa shape index (κ1) is 29.8. The molecule has 6 rings (SSSR count). The van der Waals surface area contributed by atoms with Crippen LogP contribution in [0.5, 0.6) is 5.75 Å². The van der Waals surface area contributed by atoms with E-state index >= 15 is 0 Å². The molecule has 0 saturated carbocycles. The van der Waals surface area contributed by atoms with Crippen molar-refractivity contribution in [3.05, 3.63) is 48.6 Å². The highest BCUT2D eigenvalue weighted by Gasteiger charge is 2.72. The molecular weight excluding hydrogens is 552 g/mol. The molecule has 1 unspecified atom stereocenters. The Morgan fingerprint density at radius 2 is 1.77 bits per heavy atom. The highest BCUT2D eigenvalue weighted by atomic mass is 16.5. The van der Waals surface area contributed by atoms with E-state index in [0.29, 0.717) is 63.9 Å². The lowest BCUT2D eigenvalue weighted by Crippen LogP contribution is -2.58. The maximum Gasteiger partial charge on any atom is 0.249 e. The zero-order valence-electron chi connectivity index (χ0n) is 25.0. The molecule has 3 fully saturated rings. The second kappa shape index (κ2) is 12.4. The minimum Gasteiger partial charge on any atom is -0.494 e. The molecule has 5 aliphatic heterocycles. The summed E-state index contributed by atoms with van der Waals surface area (Å²) in [6.45, 7) is 8.93. The van der Waals surface area contributed by atoms with Crippen molar-refractivity contribution in [3.8, 4) is 5.75 Å². The molecule has 3 saturated heterocycles. The Kier molecular flexibility index (Phi) is 8.59. The second-order valence-electron chi connectivity index (χ2n) is 11.8. The van der Waals surface area contributed by atoms with Gasteiger partial charge in [0.2, 0.25) is 17.7 Å². The Balaban J connectivity index is 1.34. The molecule has 6 atom stereocenters. The summed E-state index contributed by atoms with van der Waals surface area (Å²) in [5.41, 5.74) is -0.621. The van der Waals surface area contributed by atoms with E-state index in [1.807, 2.05) is 62.4 Å². The first-order valence-corrected chi connectivity index (χ1v) is 15.5. The number of benzene rings is 1. The number of hydrogen-bond donors (Lipinski definition) is 1. The summed E-state index contributed by atoms with van der Waals surface area (Å²) < 4.78 is 17.8. The van der Waals surface area contributed by atoms with Crippen molar-refractivity contribution in [1.29, 1.82) is 0 Å². The maximum absolute atomic E-state index is 14.4. The van der Waals surface area contributed by atoms with Gasteiger partial charge in [-0.1, -0.05) is 31.2 Å². The molecule has 1 aromatic carbocycles. The fourth-order valence-corrected chi connectivity index (χ4v) is 7.34. The molecule has 3 amide bonds. The number of carbonyl (C=O) groups is 3. The number of aliphatic hydroxyl groups is 1. The van der Waals surface area contributed by atoms with E-state index in [4.69, 9.17) is 14.2 Å². The van der Waals surface area contributed by atoms with Gasteiger partial charge in [-0.25, -0.2) is 0 Å². The summed E-state index contributed by atoms with van der Waals surface area (Å²) >= 11 is 0. The van der Waals surface area contributed by atoms with Gasteiger partial charge in [0.05, 0.1) is 50.4 Å². The SMILES string of the molecule is CCOc1ccc(N2CC=C[C@H]3O[C@]45C=CCN(CCN6CCOCC6)C(=O)C4N([C@@H](CC)CO)C(=O)[C@@H]5[C@H]3C2=O)cc1. The van der Waals surface area contributed by atoms with Crippen LogP contribution in [0.25, 0.3) is 0 Å². The van der Waals surface area contributed by atoms with E-state index in [9.17, 15) is 19.5 Å². The molecule has 0 radical (unpaired) electrons. The van der Waals surface area contributed by atoms with Crippen LogP contribution in [0.1, 0.15) is 20.3 Å². The van der Waals surface area contributed by atoms with E-state index < -0.39 is 35.6 Å². The third-order valence-electron chi connectivity index (χ3n) is 9.50. The monoisotopic (exact) mass is 594 g/mol. The maximum atomic E-state index is 14.4. The number of hydrogen-bond acceptors (Lipinski definition) is 8. The summed E-state index contributed by atoms with van der Waals surface area (Å²) in [4.78, 5) is 50.5. The third kappa shape index (κ3) is 5.16. The van der Waals surface area contributed by atoms with Crippen LogP contribution in [0.2, 0.25) is 0 Å². The first-order valence-electron chi connectivity index (χ1n) is 15.5. The second-order valence-corrected chi connectivity index (χ2v) is 11.8. The standard InChI is InChI=1S/C32H42N4O7/c1-3-22(21-37)36-28-31(40)34(16-15-33-17-19-41-20-18-33)13-6-12-32(28)27(30(36)39)26-25(43-32)7-5-14-35(29(26)38)23-8-10-24(11-9-23)42-4-2/h5-12,22,25-28,37H,3-4,13-21H2,1-2H3/t22-,25+,26-,27-,28?,32-/m0/s1. The summed E-state index contributed by atoms with van der Waals surface area (Å²) in [5.74, 6) is -1.76. The van der Waals surface area contributed by atoms with E-state index in [2.05, 4.69) is 4.90 Å². The molecule has 1 aromatic rings. The molecule has 5 heterocycles. The topological polar surface area (TPSA) is 112 Å². The Morgan fingerprint density at radius 1 is 1.00 bits per heavy atom. The Morgan fingerprint density at radius 3 is 2.47 bits per heavy atom. The molecule has 0 aliphatic carbocycles. The molecular formula is C32H42N4O7. The van der Waals surface area contributed by atoms with Crippen molar-refractivity contribution < 1.29 is 33.7 Å². The van der Waals surface area contributed by atoms with E-state index in [0.717, 1.165) is 13.1 Å². The van der Waals surface area contributed by atoms with Gasteiger partial charge in [-0.15, -0.1) is 0 Å². The average Bonchev–Trinajstić information content (AvgIpc) is 3.34. The molecule has 1 spiro atoms. The van der Waals surface area contributed by atoms with Crippen molar-refractivity contribution in [3.63, 3.8) is 0 Å². The minimum absolute atomic E-state index is 0.211. The number of fused-ring (bicyclic) bond motifs is 2. The van der Waals surface area contributed by atoms with Crippen molar-refractivity contribution in [2.45, 2.75) is 44.1 Å². The molecule has 232 valence electrons. The van der Waals surface area contributed by atoms with Crippen LogP contribution in [0.15, 0.2) is 48.6 Å². The molecule has 11 heteroatoms. The highest BCUT2D eigenvalue weighted by Crippen LogP contribution is 2.54. The van der Waals surface area contributed by atoms with Gasteiger partial charge in [0.15, 0.2) is 0 Å². The van der Waals surface area contributed by atoms with E-state index in [-0.39, 0.29) is 24.3 Å². The highest BCUT2D eigenvalue weighted by molar-refractivity contribution is 6.04. The number of ether oxygens (including phenoxy) is 3. The Labute approximate surface area is 252 Å². The van der Waals surface area contributed by atoms with Gasteiger partial charge in [0, 0.05) is 45.0 Å². The average molecular weight is 595 g/mol. The number of anilines is 1. The molecule has 43 heavy (non-hydrogen) atoms. The number of carbonyl (C=O) groups excluding carboxylic acids is 3. The lowest BCUT2D eigenvalue weighted by atomic mass is 9.77. The summed E-state index contributed by atoms with van der Waals surface area (Å²) in [5, 5.41) is 10.3. The molecule has 5 aliphatic rings. The zero-order valence-corrected chi connectivity index (χ0v) is 25.0. The van der Waals surface area contributed by atoms with Crippen LogP contribution < -0.4 is 9.64 Å². The Hall–Kier alpha value is -3.25. The number of likely N-dealkylation sites (tertiary alicyclic amines) is 1. The van der Waals surface area contributed by atoms with Gasteiger partial charge in [0.25, 0.3) is 0 Å². The predicted octanol–water partition coefficient (Wildman–Crippen LogP) is 1.07.